The van der Waals surface area contributed by atoms with E-state index in [4.69, 9.17) is 10.5 Å². The number of fused-ring (bicyclic) bond motifs is 2. The van der Waals surface area contributed by atoms with Crippen molar-refractivity contribution < 1.29 is 9.13 Å². The zero-order valence-electron chi connectivity index (χ0n) is 20.9. The third-order valence-corrected chi connectivity index (χ3v) is 8.26. The van der Waals surface area contributed by atoms with E-state index in [-0.39, 0.29) is 39.5 Å². The number of nitrogens with two attached hydrogens (primary N) is 1. The molecule has 5 rings (SSSR count). The van der Waals surface area contributed by atoms with E-state index in [0.717, 1.165) is 36.9 Å². The molecule has 0 aliphatic carbocycles. The summed E-state index contributed by atoms with van der Waals surface area (Å²) in [6, 6.07) is 7.28. The number of thiophene rings is 1. The van der Waals surface area contributed by atoms with Crippen LogP contribution >= 0.6 is 11.3 Å². The summed E-state index contributed by atoms with van der Waals surface area (Å²) in [6.07, 6.45) is 4.04. The molecular weight excluding hydrogens is 493 g/mol. The maximum absolute atomic E-state index is 16.1. The van der Waals surface area contributed by atoms with Crippen molar-refractivity contribution in [2.24, 2.45) is 0 Å². The van der Waals surface area contributed by atoms with Crippen molar-refractivity contribution in [3.8, 4) is 23.3 Å². The van der Waals surface area contributed by atoms with Gasteiger partial charge in [0.05, 0.1) is 16.8 Å². The van der Waals surface area contributed by atoms with Gasteiger partial charge in [0.15, 0.2) is 5.82 Å². The van der Waals surface area contributed by atoms with Gasteiger partial charge in [-0.25, -0.2) is 4.39 Å². The van der Waals surface area contributed by atoms with E-state index in [1.807, 2.05) is 0 Å². The largest absolute Gasteiger partial charge is 0.461 e. The summed E-state index contributed by atoms with van der Waals surface area (Å²) in [5, 5.41) is 13.4. The molecule has 1 atom stereocenters. The number of likely N-dealkylation sites (N-methyl/N-ethyl adjacent to an activating group) is 1. The molecule has 9 nitrogen and oxygen atoms in total. The number of anilines is 2. The van der Waals surface area contributed by atoms with Crippen LogP contribution < -0.4 is 21.3 Å². The topological polar surface area (TPSA) is 133 Å². The van der Waals surface area contributed by atoms with Crippen LogP contribution in [0.5, 0.6) is 6.01 Å². The zero-order chi connectivity index (χ0) is 26.3. The Morgan fingerprint density at radius 3 is 2.86 bits per heavy atom. The molecule has 3 aromatic heterocycles. The van der Waals surface area contributed by atoms with Crippen LogP contribution in [0.3, 0.4) is 0 Å². The molecule has 1 fully saturated rings. The van der Waals surface area contributed by atoms with Crippen molar-refractivity contribution >= 4 is 43.1 Å². The second-order valence-electron chi connectivity index (χ2n) is 9.39. The first kappa shape index (κ1) is 24.9. The summed E-state index contributed by atoms with van der Waals surface area (Å²) in [7, 11) is 3.69. The highest BCUT2D eigenvalue weighted by Crippen LogP contribution is 2.40. The van der Waals surface area contributed by atoms with E-state index in [1.54, 1.807) is 25.2 Å². The Morgan fingerprint density at radius 2 is 2.19 bits per heavy atom. The number of benzene rings is 1. The molecule has 192 valence electrons. The second-order valence-corrected chi connectivity index (χ2v) is 10.5. The summed E-state index contributed by atoms with van der Waals surface area (Å²) in [4.78, 5) is 26.9. The fourth-order valence-corrected chi connectivity index (χ4v) is 6.34. The van der Waals surface area contributed by atoms with Crippen LogP contribution in [0, 0.1) is 17.1 Å². The molecule has 0 radical (unpaired) electrons. The number of nitriles is 1. The van der Waals surface area contributed by atoms with Crippen LogP contribution in [0.1, 0.15) is 38.2 Å². The number of halogens is 1. The maximum Gasteiger partial charge on any atom is 0.319 e. The number of ether oxygens (including phenoxy) is 1. The molecule has 4 N–H and O–H groups in total. The summed E-state index contributed by atoms with van der Waals surface area (Å²) < 4.78 is 22.9. The molecule has 4 heterocycles. The average molecular weight is 522 g/mol. The fraction of sp³-hybridized carbons (Fsp3) is 0.385. The number of hydrogen-bond acceptors (Lipinski definition) is 9. The fourth-order valence-electron chi connectivity index (χ4n) is 5.39. The minimum Gasteiger partial charge on any atom is -0.461 e. The smallest absolute Gasteiger partial charge is 0.319 e. The van der Waals surface area contributed by atoms with Crippen LogP contribution in [0.15, 0.2) is 23.0 Å². The Kier molecular flexibility index (Phi) is 6.47. The molecule has 0 amide bonds. The second kappa shape index (κ2) is 9.61. The van der Waals surface area contributed by atoms with Gasteiger partial charge in [0.2, 0.25) is 0 Å². The van der Waals surface area contributed by atoms with Gasteiger partial charge >= 0.3 is 6.01 Å². The molecule has 37 heavy (non-hydrogen) atoms. The van der Waals surface area contributed by atoms with Crippen molar-refractivity contribution in [3.05, 3.63) is 39.9 Å². The Balaban J connectivity index is 1.66. The van der Waals surface area contributed by atoms with Crippen molar-refractivity contribution in [1.82, 2.24) is 19.9 Å². The lowest BCUT2D eigenvalue weighted by Gasteiger charge is -2.35. The van der Waals surface area contributed by atoms with Crippen LogP contribution in [0.4, 0.5) is 15.2 Å². The van der Waals surface area contributed by atoms with Gasteiger partial charge in [-0.05, 0) is 38.9 Å². The molecule has 0 saturated carbocycles. The van der Waals surface area contributed by atoms with Gasteiger partial charge in [0, 0.05) is 22.7 Å². The van der Waals surface area contributed by atoms with Gasteiger partial charge in [0.1, 0.15) is 34.4 Å². The minimum atomic E-state index is -0.735. The minimum absolute atomic E-state index is 0.00113. The number of aromatic amines is 1. The van der Waals surface area contributed by atoms with Gasteiger partial charge in [-0.3, -0.25) is 9.69 Å². The highest BCUT2D eigenvalue weighted by atomic mass is 32.1. The van der Waals surface area contributed by atoms with E-state index in [0.29, 0.717) is 22.6 Å². The van der Waals surface area contributed by atoms with E-state index >= 15 is 4.39 Å². The number of nitrogens with zero attached hydrogens (tertiary/aromatic N) is 4. The van der Waals surface area contributed by atoms with Gasteiger partial charge in [-0.15, -0.1) is 11.3 Å². The van der Waals surface area contributed by atoms with Crippen molar-refractivity contribution in [2.45, 2.75) is 38.1 Å². The first-order chi connectivity index (χ1) is 17.8. The van der Waals surface area contributed by atoms with E-state index in [2.05, 4.69) is 45.2 Å². The van der Waals surface area contributed by atoms with Gasteiger partial charge in [-0.1, -0.05) is 25.5 Å². The summed E-state index contributed by atoms with van der Waals surface area (Å²) in [5.41, 5.74) is 5.73. The Morgan fingerprint density at radius 1 is 1.38 bits per heavy atom. The van der Waals surface area contributed by atoms with E-state index in [9.17, 15) is 10.1 Å². The predicted molar refractivity (Wildman–Crippen MR) is 145 cm³/mol. The van der Waals surface area contributed by atoms with Gasteiger partial charge in [0.25, 0.3) is 5.56 Å². The van der Waals surface area contributed by atoms with Crippen molar-refractivity contribution in [3.63, 3.8) is 0 Å². The highest BCUT2D eigenvalue weighted by molar-refractivity contribution is 7.23. The molecule has 4 aromatic rings. The monoisotopic (exact) mass is 521 g/mol. The molecular formula is C26H28FN7O2S. The van der Waals surface area contributed by atoms with Crippen molar-refractivity contribution in [2.75, 3.05) is 38.3 Å². The summed E-state index contributed by atoms with van der Waals surface area (Å²) >= 11 is 1.24. The normalized spacial score (nSPS) is 17.9. The maximum atomic E-state index is 16.1. The third-order valence-electron chi connectivity index (χ3n) is 7.27. The molecule has 1 aliphatic heterocycles. The number of pyridine rings is 1. The van der Waals surface area contributed by atoms with Gasteiger partial charge < -0.3 is 20.8 Å². The molecule has 1 saturated heterocycles. The summed E-state index contributed by atoms with van der Waals surface area (Å²) in [5.74, 6) is -0.563. The zero-order valence-corrected chi connectivity index (χ0v) is 21.8. The SMILES string of the molecule is CCCC1(COc2nc(NC)c3c(=O)[nH]c(-c4cccc5sc(N)c(C#N)c45)c(F)c3n2)CCCN1C. The Labute approximate surface area is 217 Å². The van der Waals surface area contributed by atoms with Crippen molar-refractivity contribution in [1.29, 1.82) is 5.26 Å². The average Bonchev–Trinajstić information content (AvgIpc) is 3.42. The first-order valence-corrected chi connectivity index (χ1v) is 13.0. The number of rotatable bonds is 7. The van der Waals surface area contributed by atoms with Crippen LogP contribution in [0.2, 0.25) is 0 Å². The van der Waals surface area contributed by atoms with Crippen LogP contribution in [-0.2, 0) is 0 Å². The van der Waals surface area contributed by atoms with Crippen LogP contribution in [-0.4, -0.2) is 52.6 Å². The first-order valence-electron chi connectivity index (χ1n) is 12.2. The van der Waals surface area contributed by atoms with E-state index in [1.165, 1.54) is 11.3 Å². The Bertz CT molecular complexity index is 1610. The van der Waals surface area contributed by atoms with Crippen LogP contribution in [0.25, 0.3) is 32.2 Å². The lowest BCUT2D eigenvalue weighted by molar-refractivity contribution is 0.0828. The number of nitrogen functional groups attached to an aromatic ring is 1. The third kappa shape index (κ3) is 4.06. The number of H-pyrrole nitrogens is 1. The number of aromatic nitrogens is 3. The molecule has 1 aliphatic rings. The Hall–Kier alpha value is -3.75. The summed E-state index contributed by atoms with van der Waals surface area (Å²) in [6.45, 7) is 3.49. The number of nitrogens with one attached hydrogen (secondary N) is 2. The standard InChI is InChI=1S/C26H28FN7O2S/c1-4-9-26(10-6-11-34(26)3)13-36-25-32-21-18(23(30-2)33-25)24(35)31-20(19(21)27)14-7-5-8-16-17(14)15(12-28)22(29)37-16/h5,7-8H,4,6,9-11,13,29H2,1-3H3,(H,31,35)(H,30,32,33). The lowest BCUT2D eigenvalue weighted by atomic mass is 9.92. The highest BCUT2D eigenvalue weighted by Gasteiger charge is 2.39. The quantitative estimate of drug-likeness (QED) is 0.324. The molecule has 11 heteroatoms. The van der Waals surface area contributed by atoms with Gasteiger partial charge in [-0.2, -0.15) is 15.2 Å². The molecule has 0 bridgehead atoms. The molecule has 1 unspecified atom stereocenters. The molecule has 1 aromatic carbocycles. The predicted octanol–water partition coefficient (Wildman–Crippen LogP) is 4.48. The molecule has 0 spiro atoms. The number of hydrogen-bond donors (Lipinski definition) is 3. The van der Waals surface area contributed by atoms with E-state index < -0.39 is 11.4 Å². The number of likely N-dealkylation sites (tertiary alicyclic amines) is 1. The lowest BCUT2D eigenvalue weighted by Crippen LogP contribution is -2.46.